The quantitative estimate of drug-likeness (QED) is 0.930. The van der Waals surface area contributed by atoms with Gasteiger partial charge in [0.1, 0.15) is 5.60 Å². The molecular formula is C17H24N2O3. The Hall–Kier alpha value is -2.04. The van der Waals surface area contributed by atoms with Crippen LogP contribution in [0.4, 0.5) is 4.79 Å². The van der Waals surface area contributed by atoms with Crippen molar-refractivity contribution < 1.29 is 14.3 Å². The molecule has 0 spiro atoms. The first kappa shape index (κ1) is 16.3. The highest BCUT2D eigenvalue weighted by molar-refractivity contribution is 5.85. The topological polar surface area (TPSA) is 58.6 Å². The van der Waals surface area contributed by atoms with E-state index in [1.165, 1.54) is 0 Å². The number of rotatable bonds is 4. The van der Waals surface area contributed by atoms with Gasteiger partial charge in [0.25, 0.3) is 0 Å². The number of nitrogens with zero attached hydrogens (tertiary/aromatic N) is 1. The SMILES string of the molecule is CC(C)(C)OC(=O)NC[C@@H](C(=O)N1CCC1)c1ccccc1. The molecule has 1 aliphatic heterocycles. The monoisotopic (exact) mass is 304 g/mol. The smallest absolute Gasteiger partial charge is 0.407 e. The predicted octanol–water partition coefficient (Wildman–Crippen LogP) is 2.53. The Labute approximate surface area is 131 Å². The van der Waals surface area contributed by atoms with Crippen molar-refractivity contribution in [2.45, 2.75) is 38.7 Å². The minimum absolute atomic E-state index is 0.0634. The lowest BCUT2D eigenvalue weighted by Gasteiger charge is -2.34. The third-order valence-corrected chi connectivity index (χ3v) is 3.52. The van der Waals surface area contributed by atoms with Crippen LogP contribution in [0.25, 0.3) is 0 Å². The molecule has 1 aromatic rings. The highest BCUT2D eigenvalue weighted by Gasteiger charge is 2.29. The number of nitrogens with one attached hydrogen (secondary N) is 1. The Balaban J connectivity index is 2.02. The van der Waals surface area contributed by atoms with Gasteiger partial charge in [0.2, 0.25) is 5.91 Å². The van der Waals surface area contributed by atoms with Gasteiger partial charge in [-0.15, -0.1) is 0 Å². The van der Waals surface area contributed by atoms with Crippen LogP contribution in [0.1, 0.15) is 38.7 Å². The van der Waals surface area contributed by atoms with E-state index in [1.807, 2.05) is 56.0 Å². The van der Waals surface area contributed by atoms with Crippen LogP contribution < -0.4 is 5.32 Å². The number of carbonyl (C=O) groups excluding carboxylic acids is 2. The van der Waals surface area contributed by atoms with Crippen molar-refractivity contribution in [1.29, 1.82) is 0 Å². The maximum Gasteiger partial charge on any atom is 0.407 e. The first-order valence-corrected chi connectivity index (χ1v) is 7.67. The molecule has 1 aromatic carbocycles. The average Bonchev–Trinajstić information content (AvgIpc) is 2.36. The maximum atomic E-state index is 12.6. The highest BCUT2D eigenvalue weighted by Crippen LogP contribution is 2.21. The van der Waals surface area contributed by atoms with Crippen LogP contribution in [0.2, 0.25) is 0 Å². The molecule has 22 heavy (non-hydrogen) atoms. The Morgan fingerprint density at radius 3 is 2.36 bits per heavy atom. The molecule has 1 atom stereocenters. The van der Waals surface area contributed by atoms with Gasteiger partial charge in [-0.1, -0.05) is 30.3 Å². The number of benzene rings is 1. The minimum atomic E-state index is -0.548. The number of amides is 2. The lowest BCUT2D eigenvalue weighted by Crippen LogP contribution is -2.47. The second-order valence-electron chi connectivity index (χ2n) is 6.52. The molecule has 0 aliphatic carbocycles. The van der Waals surface area contributed by atoms with Crippen molar-refractivity contribution in [2.75, 3.05) is 19.6 Å². The molecule has 0 aromatic heterocycles. The number of hydrogen-bond donors (Lipinski definition) is 1. The summed E-state index contributed by atoms with van der Waals surface area (Å²) in [6, 6.07) is 9.55. The maximum absolute atomic E-state index is 12.6. The van der Waals surface area contributed by atoms with Gasteiger partial charge in [-0.05, 0) is 32.8 Å². The summed E-state index contributed by atoms with van der Waals surface area (Å²) in [7, 11) is 0. The zero-order chi connectivity index (χ0) is 16.2. The Bertz CT molecular complexity index is 518. The molecule has 1 saturated heterocycles. The number of likely N-dealkylation sites (tertiary alicyclic amines) is 1. The van der Waals surface area contributed by atoms with Crippen molar-refractivity contribution in [3.8, 4) is 0 Å². The fourth-order valence-corrected chi connectivity index (χ4v) is 2.29. The second-order valence-corrected chi connectivity index (χ2v) is 6.52. The van der Waals surface area contributed by atoms with Gasteiger partial charge in [-0.3, -0.25) is 4.79 Å². The fraction of sp³-hybridized carbons (Fsp3) is 0.529. The van der Waals surface area contributed by atoms with Gasteiger partial charge >= 0.3 is 6.09 Å². The largest absolute Gasteiger partial charge is 0.444 e. The molecular weight excluding hydrogens is 280 g/mol. The second kappa shape index (κ2) is 6.81. The summed E-state index contributed by atoms with van der Waals surface area (Å²) in [6.45, 7) is 7.28. The first-order valence-electron chi connectivity index (χ1n) is 7.67. The predicted molar refractivity (Wildman–Crippen MR) is 84.6 cm³/mol. The van der Waals surface area contributed by atoms with Gasteiger partial charge in [0, 0.05) is 19.6 Å². The van der Waals surface area contributed by atoms with Crippen molar-refractivity contribution >= 4 is 12.0 Å². The van der Waals surface area contributed by atoms with Crippen molar-refractivity contribution in [3.63, 3.8) is 0 Å². The van der Waals surface area contributed by atoms with E-state index < -0.39 is 11.7 Å². The van der Waals surface area contributed by atoms with Gasteiger partial charge in [0.05, 0.1) is 5.92 Å². The van der Waals surface area contributed by atoms with E-state index >= 15 is 0 Å². The van der Waals surface area contributed by atoms with Gasteiger partial charge in [0.15, 0.2) is 0 Å². The van der Waals surface area contributed by atoms with Crippen LogP contribution in [0, 0.1) is 0 Å². The highest BCUT2D eigenvalue weighted by atomic mass is 16.6. The zero-order valence-electron chi connectivity index (χ0n) is 13.5. The van der Waals surface area contributed by atoms with Gasteiger partial charge < -0.3 is 15.0 Å². The Morgan fingerprint density at radius 1 is 1.23 bits per heavy atom. The molecule has 0 radical (unpaired) electrons. The standard InChI is InChI=1S/C17H24N2O3/c1-17(2,3)22-16(21)18-12-14(13-8-5-4-6-9-13)15(20)19-10-7-11-19/h4-6,8-9,14H,7,10-12H2,1-3H3,(H,18,21)/t14-/m1/s1. The van der Waals surface area contributed by atoms with E-state index in [0.717, 1.165) is 25.1 Å². The van der Waals surface area contributed by atoms with Crippen LogP contribution in [0.5, 0.6) is 0 Å². The first-order chi connectivity index (χ1) is 10.4. The van der Waals surface area contributed by atoms with E-state index in [4.69, 9.17) is 4.74 Å². The lowest BCUT2D eigenvalue weighted by atomic mass is 9.96. The summed E-state index contributed by atoms with van der Waals surface area (Å²) in [4.78, 5) is 26.2. The third-order valence-electron chi connectivity index (χ3n) is 3.52. The number of ether oxygens (including phenoxy) is 1. The molecule has 1 fully saturated rings. The molecule has 0 bridgehead atoms. The molecule has 120 valence electrons. The molecule has 1 N–H and O–H groups in total. The minimum Gasteiger partial charge on any atom is -0.444 e. The summed E-state index contributed by atoms with van der Waals surface area (Å²) in [5.41, 5.74) is 0.365. The average molecular weight is 304 g/mol. The lowest BCUT2D eigenvalue weighted by molar-refractivity contribution is -0.136. The molecule has 0 saturated carbocycles. The number of alkyl carbamates (subject to hydrolysis) is 1. The fourth-order valence-electron chi connectivity index (χ4n) is 2.29. The van der Waals surface area contributed by atoms with Crippen LogP contribution in [-0.2, 0) is 9.53 Å². The van der Waals surface area contributed by atoms with E-state index in [9.17, 15) is 9.59 Å². The molecule has 5 nitrogen and oxygen atoms in total. The Morgan fingerprint density at radius 2 is 1.86 bits per heavy atom. The summed E-state index contributed by atoms with van der Waals surface area (Å²) >= 11 is 0. The van der Waals surface area contributed by atoms with E-state index in [1.54, 1.807) is 0 Å². The van der Waals surface area contributed by atoms with Crippen LogP contribution in [-0.4, -0.2) is 42.1 Å². The molecule has 5 heteroatoms. The number of carbonyl (C=O) groups is 2. The zero-order valence-corrected chi connectivity index (χ0v) is 13.5. The summed E-state index contributed by atoms with van der Waals surface area (Å²) in [6.07, 6.45) is 0.553. The molecule has 2 rings (SSSR count). The van der Waals surface area contributed by atoms with Crippen LogP contribution in [0.3, 0.4) is 0 Å². The summed E-state index contributed by atoms with van der Waals surface area (Å²) < 4.78 is 5.23. The van der Waals surface area contributed by atoms with E-state index in [2.05, 4.69) is 5.32 Å². The summed E-state index contributed by atoms with van der Waals surface area (Å²) in [5, 5.41) is 2.71. The van der Waals surface area contributed by atoms with Crippen LogP contribution in [0.15, 0.2) is 30.3 Å². The van der Waals surface area contributed by atoms with Crippen molar-refractivity contribution in [1.82, 2.24) is 10.2 Å². The molecule has 1 aliphatic rings. The third kappa shape index (κ3) is 4.48. The van der Waals surface area contributed by atoms with Crippen molar-refractivity contribution in [2.24, 2.45) is 0 Å². The Kier molecular flexibility index (Phi) is 5.06. The normalized spacial score (nSPS) is 15.7. The van der Waals surface area contributed by atoms with Gasteiger partial charge in [-0.2, -0.15) is 0 Å². The summed E-state index contributed by atoms with van der Waals surface area (Å²) in [5.74, 6) is -0.303. The molecule has 1 heterocycles. The van der Waals surface area contributed by atoms with E-state index in [-0.39, 0.29) is 18.4 Å². The van der Waals surface area contributed by atoms with Gasteiger partial charge in [-0.25, -0.2) is 4.79 Å². The molecule has 2 amide bonds. The molecule has 0 unspecified atom stereocenters. The number of hydrogen-bond acceptors (Lipinski definition) is 3. The van der Waals surface area contributed by atoms with Crippen LogP contribution >= 0.6 is 0 Å². The van der Waals surface area contributed by atoms with Crippen molar-refractivity contribution in [3.05, 3.63) is 35.9 Å². The van der Waals surface area contributed by atoms with E-state index in [0.29, 0.717) is 0 Å².